The van der Waals surface area contributed by atoms with Gasteiger partial charge in [-0.2, -0.15) is 11.8 Å². The average molecular weight is 267 g/mol. The van der Waals surface area contributed by atoms with Crippen LogP contribution < -0.4 is 5.32 Å². The Labute approximate surface area is 105 Å². The Morgan fingerprint density at radius 1 is 1.31 bits per heavy atom. The Kier molecular flexibility index (Phi) is 9.46. The van der Waals surface area contributed by atoms with Gasteiger partial charge in [0.2, 0.25) is 0 Å². The summed E-state index contributed by atoms with van der Waals surface area (Å²) in [4.78, 5) is 0. The van der Waals surface area contributed by atoms with Gasteiger partial charge in [-0.1, -0.05) is 13.8 Å². The summed E-state index contributed by atoms with van der Waals surface area (Å²) in [5.41, 5.74) is 0. The van der Waals surface area contributed by atoms with E-state index < -0.39 is 9.84 Å². The molecule has 0 aromatic heterocycles. The van der Waals surface area contributed by atoms with Gasteiger partial charge in [0, 0.05) is 23.8 Å². The van der Waals surface area contributed by atoms with Crippen molar-refractivity contribution in [2.24, 2.45) is 0 Å². The van der Waals surface area contributed by atoms with Gasteiger partial charge in [-0.25, -0.2) is 8.42 Å². The molecule has 1 unspecified atom stereocenters. The van der Waals surface area contributed by atoms with Crippen molar-refractivity contribution >= 4 is 21.6 Å². The highest BCUT2D eigenvalue weighted by molar-refractivity contribution is 7.99. The Balaban J connectivity index is 3.81. The largest absolute Gasteiger partial charge is 0.313 e. The number of sulfone groups is 1. The second-order valence-electron chi connectivity index (χ2n) is 4.08. The minimum Gasteiger partial charge on any atom is -0.313 e. The molecule has 0 fully saturated rings. The molecule has 0 aromatic rings. The lowest BCUT2D eigenvalue weighted by Crippen LogP contribution is -2.32. The molecule has 3 nitrogen and oxygen atoms in total. The van der Waals surface area contributed by atoms with Crippen molar-refractivity contribution in [3.8, 4) is 0 Å². The van der Waals surface area contributed by atoms with Crippen molar-refractivity contribution in [1.82, 2.24) is 5.32 Å². The maximum atomic E-state index is 11.0. The van der Waals surface area contributed by atoms with Crippen LogP contribution in [0, 0.1) is 0 Å². The zero-order valence-corrected chi connectivity index (χ0v) is 12.3. The standard InChI is InChI=1S/C11H25NO2S2/c1-4-8-12-11(10-15-5-2)7-6-9-16(3,13)14/h11-12H,4-10H2,1-3H3. The highest BCUT2D eigenvalue weighted by atomic mass is 32.2. The molecule has 0 radical (unpaired) electrons. The number of rotatable bonds is 10. The van der Waals surface area contributed by atoms with Crippen molar-refractivity contribution in [2.45, 2.75) is 39.2 Å². The number of nitrogens with one attached hydrogen (secondary N) is 1. The minimum absolute atomic E-state index is 0.314. The van der Waals surface area contributed by atoms with Crippen molar-refractivity contribution in [3.05, 3.63) is 0 Å². The van der Waals surface area contributed by atoms with Crippen LogP contribution in [0.2, 0.25) is 0 Å². The topological polar surface area (TPSA) is 46.2 Å². The maximum Gasteiger partial charge on any atom is 0.147 e. The first-order chi connectivity index (χ1) is 7.49. The lowest BCUT2D eigenvalue weighted by Gasteiger charge is -2.17. The van der Waals surface area contributed by atoms with Crippen LogP contribution in [0.4, 0.5) is 0 Å². The van der Waals surface area contributed by atoms with E-state index in [4.69, 9.17) is 0 Å². The highest BCUT2D eigenvalue weighted by Gasteiger charge is 2.09. The van der Waals surface area contributed by atoms with E-state index in [9.17, 15) is 8.42 Å². The van der Waals surface area contributed by atoms with E-state index in [1.165, 1.54) is 6.26 Å². The van der Waals surface area contributed by atoms with Crippen LogP contribution in [0.5, 0.6) is 0 Å². The van der Waals surface area contributed by atoms with Gasteiger partial charge in [0.1, 0.15) is 9.84 Å². The van der Waals surface area contributed by atoms with Gasteiger partial charge in [-0.05, 0) is 31.6 Å². The minimum atomic E-state index is -2.80. The maximum absolute atomic E-state index is 11.0. The van der Waals surface area contributed by atoms with Gasteiger partial charge >= 0.3 is 0 Å². The van der Waals surface area contributed by atoms with Gasteiger partial charge < -0.3 is 5.32 Å². The summed E-state index contributed by atoms with van der Waals surface area (Å²) in [6.07, 6.45) is 4.16. The summed E-state index contributed by atoms with van der Waals surface area (Å²) in [7, 11) is -2.80. The molecule has 98 valence electrons. The van der Waals surface area contributed by atoms with Crippen molar-refractivity contribution < 1.29 is 8.42 Å². The van der Waals surface area contributed by atoms with E-state index in [0.29, 0.717) is 11.8 Å². The van der Waals surface area contributed by atoms with Crippen molar-refractivity contribution in [1.29, 1.82) is 0 Å². The molecule has 16 heavy (non-hydrogen) atoms. The molecule has 1 N–H and O–H groups in total. The molecular formula is C11H25NO2S2. The van der Waals surface area contributed by atoms with Gasteiger partial charge in [-0.3, -0.25) is 0 Å². The molecule has 0 saturated carbocycles. The lowest BCUT2D eigenvalue weighted by atomic mass is 10.2. The third-order valence-corrected chi connectivity index (χ3v) is 4.35. The van der Waals surface area contributed by atoms with E-state index in [-0.39, 0.29) is 0 Å². The van der Waals surface area contributed by atoms with E-state index in [1.807, 2.05) is 11.8 Å². The molecule has 5 heteroatoms. The average Bonchev–Trinajstić information content (AvgIpc) is 2.19. The molecule has 0 spiro atoms. The molecule has 0 bridgehead atoms. The quantitative estimate of drug-likeness (QED) is 0.657. The Morgan fingerprint density at radius 3 is 2.50 bits per heavy atom. The molecular weight excluding hydrogens is 242 g/mol. The van der Waals surface area contributed by atoms with Crippen LogP contribution in [0.25, 0.3) is 0 Å². The summed E-state index contributed by atoms with van der Waals surface area (Å²) < 4.78 is 22.0. The molecule has 0 aromatic carbocycles. The van der Waals surface area contributed by atoms with Crippen molar-refractivity contribution in [3.63, 3.8) is 0 Å². The highest BCUT2D eigenvalue weighted by Crippen LogP contribution is 2.08. The molecule has 1 atom stereocenters. The number of hydrogen-bond donors (Lipinski definition) is 1. The molecule has 0 amide bonds. The summed E-state index contributed by atoms with van der Waals surface area (Å²) in [6.45, 7) is 5.32. The summed E-state index contributed by atoms with van der Waals surface area (Å²) in [5, 5.41) is 3.47. The third-order valence-electron chi connectivity index (χ3n) is 2.27. The zero-order chi connectivity index (χ0) is 12.4. The van der Waals surface area contributed by atoms with E-state index in [0.717, 1.165) is 37.3 Å². The molecule has 0 aliphatic rings. The molecule has 0 heterocycles. The van der Waals surface area contributed by atoms with E-state index >= 15 is 0 Å². The Morgan fingerprint density at radius 2 is 2.00 bits per heavy atom. The fourth-order valence-electron chi connectivity index (χ4n) is 1.44. The van der Waals surface area contributed by atoms with Crippen LogP contribution in [-0.4, -0.2) is 44.5 Å². The summed E-state index contributed by atoms with van der Waals surface area (Å²) >= 11 is 1.91. The third kappa shape index (κ3) is 10.8. The monoisotopic (exact) mass is 267 g/mol. The smallest absolute Gasteiger partial charge is 0.147 e. The summed E-state index contributed by atoms with van der Waals surface area (Å²) in [6, 6.07) is 0.464. The first-order valence-corrected chi connectivity index (χ1v) is 9.20. The van der Waals surface area contributed by atoms with Crippen LogP contribution >= 0.6 is 11.8 Å². The zero-order valence-electron chi connectivity index (χ0n) is 10.7. The molecule has 0 aliphatic heterocycles. The second-order valence-corrected chi connectivity index (χ2v) is 7.66. The first kappa shape index (κ1) is 16.3. The van der Waals surface area contributed by atoms with Gasteiger partial charge in [0.05, 0.1) is 0 Å². The number of thioether (sulfide) groups is 1. The van der Waals surface area contributed by atoms with Crippen LogP contribution in [0.15, 0.2) is 0 Å². The summed E-state index contributed by atoms with van der Waals surface area (Å²) in [5.74, 6) is 2.52. The van der Waals surface area contributed by atoms with E-state index in [2.05, 4.69) is 19.2 Å². The van der Waals surface area contributed by atoms with Gasteiger partial charge in [0.25, 0.3) is 0 Å². The van der Waals surface area contributed by atoms with Crippen molar-refractivity contribution in [2.75, 3.05) is 30.1 Å². The van der Waals surface area contributed by atoms with Gasteiger partial charge in [-0.15, -0.1) is 0 Å². The lowest BCUT2D eigenvalue weighted by molar-refractivity contribution is 0.512. The predicted molar refractivity (Wildman–Crippen MR) is 74.0 cm³/mol. The predicted octanol–water partition coefficient (Wildman–Crippen LogP) is 1.93. The van der Waals surface area contributed by atoms with Crippen LogP contribution in [0.1, 0.15) is 33.1 Å². The fourth-order valence-corrected chi connectivity index (χ4v) is 2.94. The second kappa shape index (κ2) is 9.31. The number of hydrogen-bond acceptors (Lipinski definition) is 4. The molecule has 0 saturated heterocycles. The van der Waals surface area contributed by atoms with Crippen LogP contribution in [-0.2, 0) is 9.84 Å². The Hall–Kier alpha value is 0.260. The fraction of sp³-hybridized carbons (Fsp3) is 1.00. The van der Waals surface area contributed by atoms with Gasteiger partial charge in [0.15, 0.2) is 0 Å². The molecule has 0 aliphatic carbocycles. The molecule has 0 rings (SSSR count). The van der Waals surface area contributed by atoms with E-state index in [1.54, 1.807) is 0 Å². The van der Waals surface area contributed by atoms with Crippen LogP contribution in [0.3, 0.4) is 0 Å². The SMILES string of the molecule is CCCNC(CCCS(C)(=O)=O)CSCC. The normalized spacial score (nSPS) is 13.9. The Bertz CT molecular complexity index is 245. The first-order valence-electron chi connectivity index (χ1n) is 5.98.